The van der Waals surface area contributed by atoms with Crippen molar-refractivity contribution in [2.24, 2.45) is 0 Å². The lowest BCUT2D eigenvalue weighted by Crippen LogP contribution is -2.29. The molecule has 0 aliphatic rings. The quantitative estimate of drug-likeness (QED) is 0.726. The van der Waals surface area contributed by atoms with Gasteiger partial charge in [0.2, 0.25) is 0 Å². The molecule has 0 fully saturated rings. The summed E-state index contributed by atoms with van der Waals surface area (Å²) in [4.78, 5) is 21.7. The average molecular weight is 301 g/mol. The molecule has 1 rings (SSSR count). The van der Waals surface area contributed by atoms with Crippen LogP contribution in [0, 0.1) is 0 Å². The smallest absolute Gasteiger partial charge is 0.404 e. The van der Waals surface area contributed by atoms with Gasteiger partial charge in [0.25, 0.3) is 5.91 Å². The van der Waals surface area contributed by atoms with Crippen molar-refractivity contribution < 1.29 is 14.7 Å². The molecule has 1 aromatic rings. The van der Waals surface area contributed by atoms with Crippen LogP contribution < -0.4 is 10.6 Å². The highest BCUT2D eigenvalue weighted by atomic mass is 79.9. The van der Waals surface area contributed by atoms with Crippen LogP contribution >= 0.6 is 15.9 Å². The minimum atomic E-state index is -1.05. The molecule has 0 aliphatic carbocycles. The van der Waals surface area contributed by atoms with Gasteiger partial charge in [-0.05, 0) is 30.7 Å². The summed E-state index contributed by atoms with van der Waals surface area (Å²) in [5.41, 5.74) is 0.583. The van der Waals surface area contributed by atoms with Gasteiger partial charge in [-0.15, -0.1) is 0 Å². The number of amides is 2. The van der Waals surface area contributed by atoms with Crippen LogP contribution in [0.3, 0.4) is 0 Å². The first-order valence-electron chi connectivity index (χ1n) is 5.10. The minimum absolute atomic E-state index is 0.159. The molecule has 0 spiro atoms. The van der Waals surface area contributed by atoms with E-state index in [9.17, 15) is 9.59 Å². The van der Waals surface area contributed by atoms with E-state index in [0.29, 0.717) is 25.1 Å². The minimum Gasteiger partial charge on any atom is -0.465 e. The fraction of sp³-hybridized carbons (Fsp3) is 0.273. The lowest BCUT2D eigenvalue weighted by atomic mass is 10.2. The molecule has 2 amide bonds. The number of hydrogen-bond donors (Lipinski definition) is 3. The van der Waals surface area contributed by atoms with Gasteiger partial charge in [-0.25, -0.2) is 4.79 Å². The molecule has 0 bridgehead atoms. The molecule has 0 heterocycles. The van der Waals surface area contributed by atoms with Crippen molar-refractivity contribution in [1.29, 1.82) is 0 Å². The van der Waals surface area contributed by atoms with Gasteiger partial charge in [-0.2, -0.15) is 0 Å². The van der Waals surface area contributed by atoms with E-state index in [1.165, 1.54) is 0 Å². The first-order chi connectivity index (χ1) is 8.09. The van der Waals surface area contributed by atoms with Gasteiger partial charge >= 0.3 is 6.09 Å². The maximum Gasteiger partial charge on any atom is 0.404 e. The molecule has 0 unspecified atom stereocenters. The van der Waals surface area contributed by atoms with Gasteiger partial charge < -0.3 is 15.7 Å². The highest BCUT2D eigenvalue weighted by Gasteiger charge is 2.03. The average Bonchev–Trinajstić information content (AvgIpc) is 2.29. The van der Waals surface area contributed by atoms with E-state index < -0.39 is 6.09 Å². The Balaban J connectivity index is 2.25. The summed E-state index contributed by atoms with van der Waals surface area (Å²) in [6.07, 6.45) is -0.488. The molecule has 0 saturated carbocycles. The summed E-state index contributed by atoms with van der Waals surface area (Å²) in [6, 6.07) is 7.02. The molecule has 92 valence electrons. The summed E-state index contributed by atoms with van der Waals surface area (Å²) in [7, 11) is 0. The highest BCUT2D eigenvalue weighted by Crippen LogP contribution is 2.10. The SMILES string of the molecule is O=C(O)NCCCNC(=O)c1ccc(Br)cc1. The molecule has 1 aromatic carbocycles. The Kier molecular flexibility index (Phi) is 5.48. The molecule has 3 N–H and O–H groups in total. The zero-order chi connectivity index (χ0) is 12.7. The Bertz CT molecular complexity index is 392. The maximum absolute atomic E-state index is 11.6. The molecule has 6 heteroatoms. The first-order valence-corrected chi connectivity index (χ1v) is 5.89. The Morgan fingerprint density at radius 2 is 1.71 bits per heavy atom. The molecule has 17 heavy (non-hydrogen) atoms. The van der Waals surface area contributed by atoms with Crippen LogP contribution in [0.15, 0.2) is 28.7 Å². The molecular formula is C11H13BrN2O3. The number of carboxylic acid groups (broad SMARTS) is 1. The molecule has 0 radical (unpaired) electrons. The van der Waals surface area contributed by atoms with E-state index in [-0.39, 0.29) is 5.91 Å². The lowest BCUT2D eigenvalue weighted by Gasteiger charge is -2.05. The number of halogens is 1. The fourth-order valence-corrected chi connectivity index (χ4v) is 1.45. The zero-order valence-corrected chi connectivity index (χ0v) is 10.7. The van der Waals surface area contributed by atoms with Crippen molar-refractivity contribution >= 4 is 27.9 Å². The van der Waals surface area contributed by atoms with Crippen LogP contribution in [0.25, 0.3) is 0 Å². The second-order valence-corrected chi connectivity index (χ2v) is 4.26. The Morgan fingerprint density at radius 1 is 1.12 bits per heavy atom. The van der Waals surface area contributed by atoms with E-state index in [0.717, 1.165) is 4.47 Å². The van der Waals surface area contributed by atoms with Crippen molar-refractivity contribution in [3.05, 3.63) is 34.3 Å². The normalized spacial score (nSPS) is 9.71. The first kappa shape index (κ1) is 13.5. The third-order valence-corrected chi connectivity index (χ3v) is 2.55. The van der Waals surface area contributed by atoms with Crippen LogP contribution in [-0.4, -0.2) is 30.2 Å². The van der Waals surface area contributed by atoms with Crippen LogP contribution in [0.2, 0.25) is 0 Å². The van der Waals surface area contributed by atoms with E-state index in [1.54, 1.807) is 24.3 Å². The van der Waals surface area contributed by atoms with Crippen LogP contribution in [-0.2, 0) is 0 Å². The van der Waals surface area contributed by atoms with E-state index in [2.05, 4.69) is 26.6 Å². The second kappa shape index (κ2) is 6.90. The van der Waals surface area contributed by atoms with Gasteiger partial charge in [-0.3, -0.25) is 4.79 Å². The molecule has 0 saturated heterocycles. The van der Waals surface area contributed by atoms with E-state index >= 15 is 0 Å². The van der Waals surface area contributed by atoms with E-state index in [4.69, 9.17) is 5.11 Å². The predicted octanol–water partition coefficient (Wildman–Crippen LogP) is 1.84. The number of nitrogens with one attached hydrogen (secondary N) is 2. The number of carbonyl (C=O) groups is 2. The molecule has 0 atom stereocenters. The third-order valence-electron chi connectivity index (χ3n) is 2.02. The van der Waals surface area contributed by atoms with Crippen molar-refractivity contribution in [1.82, 2.24) is 10.6 Å². The maximum atomic E-state index is 11.6. The molecule has 5 nitrogen and oxygen atoms in total. The molecule has 0 aliphatic heterocycles. The largest absolute Gasteiger partial charge is 0.465 e. The van der Waals surface area contributed by atoms with Crippen molar-refractivity contribution in [2.45, 2.75) is 6.42 Å². The third kappa shape index (κ3) is 5.35. The fourth-order valence-electron chi connectivity index (χ4n) is 1.19. The van der Waals surface area contributed by atoms with Crippen molar-refractivity contribution in [2.75, 3.05) is 13.1 Å². The number of hydrogen-bond acceptors (Lipinski definition) is 2. The summed E-state index contributed by atoms with van der Waals surface area (Å²) < 4.78 is 0.916. The number of carbonyl (C=O) groups excluding carboxylic acids is 1. The molecule has 0 aromatic heterocycles. The highest BCUT2D eigenvalue weighted by molar-refractivity contribution is 9.10. The summed E-state index contributed by atoms with van der Waals surface area (Å²) in [6.45, 7) is 0.769. The Labute approximate surface area is 107 Å². The number of benzene rings is 1. The standard InChI is InChI=1S/C11H13BrN2O3/c12-9-4-2-8(3-5-9)10(15)13-6-1-7-14-11(16)17/h2-5,14H,1,6-7H2,(H,13,15)(H,16,17). The van der Waals surface area contributed by atoms with Gasteiger partial charge in [0.15, 0.2) is 0 Å². The predicted molar refractivity (Wildman–Crippen MR) is 67.1 cm³/mol. The van der Waals surface area contributed by atoms with Crippen LogP contribution in [0.1, 0.15) is 16.8 Å². The van der Waals surface area contributed by atoms with Crippen LogP contribution in [0.4, 0.5) is 4.79 Å². The van der Waals surface area contributed by atoms with E-state index in [1.807, 2.05) is 0 Å². The Morgan fingerprint density at radius 3 is 2.29 bits per heavy atom. The summed E-state index contributed by atoms with van der Waals surface area (Å²) in [5, 5.41) is 13.3. The monoisotopic (exact) mass is 300 g/mol. The summed E-state index contributed by atoms with van der Waals surface area (Å²) >= 11 is 3.29. The molecular weight excluding hydrogens is 288 g/mol. The van der Waals surface area contributed by atoms with Crippen molar-refractivity contribution in [3.8, 4) is 0 Å². The van der Waals surface area contributed by atoms with Crippen molar-refractivity contribution in [3.63, 3.8) is 0 Å². The Hall–Kier alpha value is -1.56. The second-order valence-electron chi connectivity index (χ2n) is 3.35. The zero-order valence-electron chi connectivity index (χ0n) is 9.07. The lowest BCUT2D eigenvalue weighted by molar-refractivity contribution is 0.0953. The topological polar surface area (TPSA) is 78.4 Å². The van der Waals surface area contributed by atoms with Gasteiger partial charge in [0.1, 0.15) is 0 Å². The number of rotatable bonds is 5. The van der Waals surface area contributed by atoms with Gasteiger partial charge in [-0.1, -0.05) is 15.9 Å². The van der Waals surface area contributed by atoms with Gasteiger partial charge in [0, 0.05) is 23.1 Å². The van der Waals surface area contributed by atoms with Crippen LogP contribution in [0.5, 0.6) is 0 Å². The summed E-state index contributed by atoms with van der Waals surface area (Å²) in [5.74, 6) is -0.159. The van der Waals surface area contributed by atoms with Gasteiger partial charge in [0.05, 0.1) is 0 Å².